The minimum Gasteiger partial charge on any atom is -0.326 e. The maximum atomic E-state index is 12.4. The summed E-state index contributed by atoms with van der Waals surface area (Å²) in [4.78, 5) is 17.5. The molecule has 0 atom stereocenters. The molecule has 0 bridgehead atoms. The molecule has 1 aliphatic heterocycles. The predicted molar refractivity (Wildman–Crippen MR) is 81.0 cm³/mol. The van der Waals surface area contributed by atoms with E-state index < -0.39 is 10.0 Å². The van der Waals surface area contributed by atoms with Gasteiger partial charge < -0.3 is 4.90 Å². The maximum absolute atomic E-state index is 12.4. The Kier molecular flexibility index (Phi) is 5.52. The van der Waals surface area contributed by atoms with E-state index in [2.05, 4.69) is 10.1 Å². The van der Waals surface area contributed by atoms with E-state index >= 15 is 0 Å². The molecular weight excluding hydrogens is 306 g/mol. The zero-order valence-corrected chi connectivity index (χ0v) is 13.9. The Morgan fingerprint density at radius 3 is 2.64 bits per heavy atom. The molecule has 1 amide bonds. The number of nitrogens with zero attached hydrogens (tertiary/aromatic N) is 5. The second kappa shape index (κ2) is 7.19. The normalized spacial score (nSPS) is 16.6. The molecule has 1 aromatic heterocycles. The maximum Gasteiger partial charge on any atom is 0.345 e. The first-order valence-corrected chi connectivity index (χ1v) is 9.08. The zero-order valence-electron chi connectivity index (χ0n) is 13.1. The monoisotopic (exact) mass is 329 g/mol. The number of hydrogen-bond acceptors (Lipinski definition) is 5. The van der Waals surface area contributed by atoms with E-state index in [1.807, 2.05) is 6.92 Å². The van der Waals surface area contributed by atoms with Gasteiger partial charge in [-0.3, -0.25) is 0 Å². The van der Waals surface area contributed by atoms with Crippen molar-refractivity contribution >= 4 is 16.1 Å². The van der Waals surface area contributed by atoms with Crippen molar-refractivity contribution in [2.75, 3.05) is 26.7 Å². The Labute approximate surface area is 131 Å². The lowest BCUT2D eigenvalue weighted by Crippen LogP contribution is -2.36. The number of amides is 1. The summed E-state index contributed by atoms with van der Waals surface area (Å²) < 4.78 is 27.2. The van der Waals surface area contributed by atoms with E-state index in [4.69, 9.17) is 0 Å². The molecule has 2 heterocycles. The first-order chi connectivity index (χ1) is 10.5. The molecule has 0 aliphatic carbocycles. The van der Waals surface area contributed by atoms with Gasteiger partial charge in [-0.15, -0.1) is 5.10 Å². The molecule has 9 heteroatoms. The Hall–Kier alpha value is -1.48. The van der Waals surface area contributed by atoms with Gasteiger partial charge in [0.25, 0.3) is 15.2 Å². The highest BCUT2D eigenvalue weighted by atomic mass is 32.2. The summed E-state index contributed by atoms with van der Waals surface area (Å²) in [6, 6.07) is -0.374. The third-order valence-electron chi connectivity index (χ3n) is 3.73. The van der Waals surface area contributed by atoms with Crippen LogP contribution >= 0.6 is 0 Å². The van der Waals surface area contributed by atoms with Gasteiger partial charge in [-0.2, -0.15) is 8.99 Å². The Balaban J connectivity index is 2.11. The van der Waals surface area contributed by atoms with Gasteiger partial charge >= 0.3 is 6.03 Å². The average Bonchev–Trinajstić information content (AvgIpc) is 3.03. The van der Waals surface area contributed by atoms with Crippen molar-refractivity contribution in [3.8, 4) is 0 Å². The quantitative estimate of drug-likeness (QED) is 0.808. The van der Waals surface area contributed by atoms with Crippen molar-refractivity contribution in [2.45, 2.75) is 44.2 Å². The Morgan fingerprint density at radius 2 is 2.00 bits per heavy atom. The van der Waals surface area contributed by atoms with Crippen LogP contribution in [0.1, 0.15) is 39.0 Å². The molecule has 124 valence electrons. The summed E-state index contributed by atoms with van der Waals surface area (Å²) in [6.07, 6.45) is 5.76. The van der Waals surface area contributed by atoms with E-state index in [1.165, 1.54) is 15.5 Å². The van der Waals surface area contributed by atoms with Crippen molar-refractivity contribution in [3.63, 3.8) is 0 Å². The molecule has 1 aliphatic rings. The molecular formula is C13H23N5O3S. The van der Waals surface area contributed by atoms with E-state index in [1.54, 1.807) is 7.05 Å². The van der Waals surface area contributed by atoms with E-state index in [-0.39, 0.29) is 11.2 Å². The van der Waals surface area contributed by atoms with Crippen molar-refractivity contribution in [1.82, 2.24) is 24.0 Å². The molecule has 0 spiro atoms. The molecule has 2 rings (SSSR count). The van der Waals surface area contributed by atoms with Crippen molar-refractivity contribution in [2.24, 2.45) is 0 Å². The van der Waals surface area contributed by atoms with Crippen LogP contribution < -0.4 is 0 Å². The minimum atomic E-state index is -3.70. The molecule has 0 saturated carbocycles. The number of carbonyl (C=O) groups is 1. The van der Waals surface area contributed by atoms with E-state index in [0.717, 1.165) is 36.8 Å². The molecule has 1 fully saturated rings. The minimum absolute atomic E-state index is 0.299. The smallest absolute Gasteiger partial charge is 0.326 e. The van der Waals surface area contributed by atoms with Crippen LogP contribution in [-0.2, 0) is 10.0 Å². The standard InChI is InChI=1S/C13H23N5O3S/c1-3-4-8-16(2)13(19)18-11-14-12(15-18)22(20,21)17-9-6-5-7-10-17/h11H,3-10H2,1-2H3. The molecule has 0 N–H and O–H groups in total. The number of hydrogen-bond donors (Lipinski definition) is 0. The molecule has 0 unspecified atom stereocenters. The van der Waals surface area contributed by atoms with Crippen molar-refractivity contribution < 1.29 is 13.2 Å². The van der Waals surface area contributed by atoms with Gasteiger partial charge in [-0.25, -0.2) is 18.2 Å². The second-order valence-electron chi connectivity index (χ2n) is 5.49. The van der Waals surface area contributed by atoms with Gasteiger partial charge in [0, 0.05) is 26.7 Å². The Bertz CT molecular complexity index is 607. The molecule has 1 saturated heterocycles. The number of aromatic nitrogens is 3. The second-order valence-corrected chi connectivity index (χ2v) is 7.33. The van der Waals surface area contributed by atoms with Crippen LogP contribution in [0.5, 0.6) is 0 Å². The fourth-order valence-corrected chi connectivity index (χ4v) is 3.69. The number of rotatable bonds is 5. The van der Waals surface area contributed by atoms with Crippen LogP contribution in [0.4, 0.5) is 4.79 Å². The van der Waals surface area contributed by atoms with Crippen molar-refractivity contribution in [1.29, 1.82) is 0 Å². The van der Waals surface area contributed by atoms with Crippen LogP contribution in [0.3, 0.4) is 0 Å². The molecule has 8 nitrogen and oxygen atoms in total. The van der Waals surface area contributed by atoms with Crippen LogP contribution in [-0.4, -0.2) is 65.1 Å². The highest BCUT2D eigenvalue weighted by Crippen LogP contribution is 2.17. The lowest BCUT2D eigenvalue weighted by atomic mass is 10.2. The Morgan fingerprint density at radius 1 is 1.32 bits per heavy atom. The molecule has 1 aromatic rings. The summed E-state index contributed by atoms with van der Waals surface area (Å²) >= 11 is 0. The number of unbranched alkanes of at least 4 members (excludes halogenated alkanes) is 1. The van der Waals surface area contributed by atoms with Gasteiger partial charge in [0.2, 0.25) is 0 Å². The highest BCUT2D eigenvalue weighted by molar-refractivity contribution is 7.88. The summed E-state index contributed by atoms with van der Waals surface area (Å²) in [5, 5.41) is 3.57. The van der Waals surface area contributed by atoms with Crippen LogP contribution in [0, 0.1) is 0 Å². The predicted octanol–water partition coefficient (Wildman–Crippen LogP) is 1.15. The highest BCUT2D eigenvalue weighted by Gasteiger charge is 2.30. The number of sulfonamides is 1. The summed E-state index contributed by atoms with van der Waals surface area (Å²) in [6.45, 7) is 3.61. The SMILES string of the molecule is CCCCN(C)C(=O)n1cnc(S(=O)(=O)N2CCCCC2)n1. The molecule has 0 radical (unpaired) electrons. The third kappa shape index (κ3) is 3.64. The molecule has 22 heavy (non-hydrogen) atoms. The van der Waals surface area contributed by atoms with Gasteiger partial charge in [-0.1, -0.05) is 19.8 Å². The fraction of sp³-hybridized carbons (Fsp3) is 0.769. The van der Waals surface area contributed by atoms with Gasteiger partial charge in [-0.05, 0) is 19.3 Å². The first kappa shape index (κ1) is 16.9. The summed E-state index contributed by atoms with van der Waals surface area (Å²) in [7, 11) is -2.03. The van der Waals surface area contributed by atoms with E-state index in [0.29, 0.717) is 19.6 Å². The van der Waals surface area contributed by atoms with E-state index in [9.17, 15) is 13.2 Å². The zero-order chi connectivity index (χ0) is 16.2. The summed E-state index contributed by atoms with van der Waals surface area (Å²) in [5.74, 6) is 0. The van der Waals surface area contributed by atoms with Crippen LogP contribution in [0.25, 0.3) is 0 Å². The number of carbonyl (C=O) groups excluding carboxylic acids is 1. The average molecular weight is 329 g/mol. The first-order valence-electron chi connectivity index (χ1n) is 7.64. The molecule has 0 aromatic carbocycles. The van der Waals surface area contributed by atoms with Gasteiger partial charge in [0.05, 0.1) is 0 Å². The largest absolute Gasteiger partial charge is 0.345 e. The third-order valence-corrected chi connectivity index (χ3v) is 5.42. The van der Waals surface area contributed by atoms with Gasteiger partial charge in [0.1, 0.15) is 6.33 Å². The number of piperidine rings is 1. The summed E-state index contributed by atoms with van der Waals surface area (Å²) in [5.41, 5.74) is 0. The fourth-order valence-electron chi connectivity index (χ4n) is 2.34. The van der Waals surface area contributed by atoms with Crippen LogP contribution in [0.15, 0.2) is 11.5 Å². The lowest BCUT2D eigenvalue weighted by molar-refractivity contribution is 0.206. The van der Waals surface area contributed by atoms with Crippen molar-refractivity contribution in [3.05, 3.63) is 6.33 Å². The van der Waals surface area contributed by atoms with Gasteiger partial charge in [0.15, 0.2) is 0 Å². The lowest BCUT2D eigenvalue weighted by Gasteiger charge is -2.24. The topological polar surface area (TPSA) is 88.4 Å². The van der Waals surface area contributed by atoms with Crippen LogP contribution in [0.2, 0.25) is 0 Å².